The first-order valence-corrected chi connectivity index (χ1v) is 14.0. The van der Waals surface area contributed by atoms with Crippen LogP contribution in [0.15, 0.2) is 63.8 Å². The molecule has 4 rings (SSSR count). The minimum absolute atomic E-state index is 0.0632. The summed E-state index contributed by atoms with van der Waals surface area (Å²) in [5.41, 5.74) is -0.0362. The zero-order valence-corrected chi connectivity index (χ0v) is 24.2. The van der Waals surface area contributed by atoms with Crippen LogP contribution in [0.3, 0.4) is 0 Å². The molecule has 0 bridgehead atoms. The van der Waals surface area contributed by atoms with Crippen molar-refractivity contribution < 1.29 is 53.9 Å². The Morgan fingerprint density at radius 1 is 0.783 bits per heavy atom. The number of fused-ring (bicyclic) bond motifs is 1. The summed E-state index contributed by atoms with van der Waals surface area (Å²) < 4.78 is 11.0. The maximum Gasteiger partial charge on any atom is 0.311 e. The van der Waals surface area contributed by atoms with Crippen molar-refractivity contribution in [3.63, 3.8) is 0 Å². The fraction of sp³-hybridized carbons (Fsp3) is 0.219. The highest BCUT2D eigenvalue weighted by Crippen LogP contribution is 2.38. The Hall–Kier alpha value is -6.05. The molecule has 0 unspecified atom stereocenters. The number of anilines is 1. The fourth-order valence-electron chi connectivity index (χ4n) is 4.47. The number of benzene rings is 3. The average Bonchev–Trinajstić information content (AvgIpc) is 2.99. The summed E-state index contributed by atoms with van der Waals surface area (Å²) in [6, 6.07) is 11.8. The van der Waals surface area contributed by atoms with Crippen LogP contribution in [0, 0.1) is 0 Å². The number of phenolic OH excluding ortho intramolecular Hbond substituents is 4. The molecule has 0 saturated heterocycles. The molecular formula is C32H30N2O12. The molecule has 7 N–H and O–H groups in total. The second kappa shape index (κ2) is 14.6. The first-order valence-electron chi connectivity index (χ1n) is 14.0. The number of aromatic hydroxyl groups is 4. The van der Waals surface area contributed by atoms with Gasteiger partial charge in [-0.15, -0.1) is 0 Å². The van der Waals surface area contributed by atoms with Gasteiger partial charge in [-0.2, -0.15) is 0 Å². The van der Waals surface area contributed by atoms with Crippen molar-refractivity contribution in [3.05, 3.63) is 70.4 Å². The van der Waals surface area contributed by atoms with E-state index in [1.165, 1.54) is 6.07 Å². The lowest BCUT2D eigenvalue weighted by Crippen LogP contribution is -2.32. The minimum Gasteiger partial charge on any atom is -0.508 e. The largest absolute Gasteiger partial charge is 0.508 e. The number of phenols is 4. The highest BCUT2D eigenvalue weighted by Gasteiger charge is 2.23. The Bertz CT molecular complexity index is 1850. The van der Waals surface area contributed by atoms with E-state index in [2.05, 4.69) is 10.6 Å². The van der Waals surface area contributed by atoms with E-state index in [0.717, 1.165) is 24.3 Å². The number of unbranched alkanes of at least 4 members (excludes halogenated alkanes) is 2. The Morgan fingerprint density at radius 3 is 2.20 bits per heavy atom. The Balaban J connectivity index is 1.28. The molecular weight excluding hydrogens is 604 g/mol. The summed E-state index contributed by atoms with van der Waals surface area (Å²) in [7, 11) is 0. The molecule has 1 heterocycles. The van der Waals surface area contributed by atoms with Gasteiger partial charge >= 0.3 is 11.9 Å². The predicted molar refractivity (Wildman–Crippen MR) is 163 cm³/mol. The summed E-state index contributed by atoms with van der Waals surface area (Å²) in [5, 5.41) is 53.2. The van der Waals surface area contributed by atoms with Gasteiger partial charge in [-0.05, 0) is 48.7 Å². The van der Waals surface area contributed by atoms with Crippen molar-refractivity contribution >= 4 is 40.4 Å². The molecule has 0 aliphatic rings. The van der Waals surface area contributed by atoms with Gasteiger partial charge in [-0.25, -0.2) is 0 Å². The molecule has 2 amide bonds. The van der Waals surface area contributed by atoms with Gasteiger partial charge in [0.2, 0.25) is 23.0 Å². The van der Waals surface area contributed by atoms with Gasteiger partial charge in [-0.1, -0.05) is 18.6 Å². The average molecular weight is 635 g/mol. The predicted octanol–water partition coefficient (Wildman–Crippen LogP) is 3.52. The number of esters is 1. The molecule has 14 nitrogen and oxygen atoms in total. The zero-order chi connectivity index (χ0) is 33.4. The van der Waals surface area contributed by atoms with Gasteiger partial charge in [0.05, 0.1) is 13.0 Å². The lowest BCUT2D eigenvalue weighted by Gasteiger charge is -2.12. The number of amides is 2. The van der Waals surface area contributed by atoms with E-state index in [4.69, 9.17) is 14.3 Å². The number of carbonyl (C=O) groups excluding carboxylic acids is 3. The molecule has 240 valence electrons. The normalized spacial score (nSPS) is 10.8. The van der Waals surface area contributed by atoms with Gasteiger partial charge in [0.15, 0.2) is 17.3 Å². The van der Waals surface area contributed by atoms with Crippen LogP contribution in [-0.4, -0.2) is 55.8 Å². The standard InChI is InChI=1S/C32H30N2O12/c35-20-14-23(38)29-24(15-20)45-31(18-8-11-21(36)22(37)13-18)32(30(29)44)46-28(43)5-3-1-2-4-25(39)33-16-26(40)34-19-9-6-17(7-10-19)12-27(41)42/h6-11,13-15,35-38H,1-5,12,16H2,(H,33,39)(H,34,40)(H,41,42). The number of carboxylic acids is 1. The van der Waals surface area contributed by atoms with Crippen LogP contribution in [0.5, 0.6) is 28.7 Å². The number of nitrogens with one attached hydrogen (secondary N) is 2. The highest BCUT2D eigenvalue weighted by atomic mass is 16.5. The van der Waals surface area contributed by atoms with Crippen molar-refractivity contribution in [2.45, 2.75) is 38.5 Å². The van der Waals surface area contributed by atoms with E-state index in [-0.39, 0.29) is 60.4 Å². The van der Waals surface area contributed by atoms with Crippen molar-refractivity contribution in [2.75, 3.05) is 11.9 Å². The smallest absolute Gasteiger partial charge is 0.311 e. The lowest BCUT2D eigenvalue weighted by molar-refractivity contribution is -0.136. The lowest BCUT2D eigenvalue weighted by atomic mass is 10.1. The first-order chi connectivity index (χ1) is 21.9. The van der Waals surface area contributed by atoms with E-state index in [9.17, 15) is 44.4 Å². The van der Waals surface area contributed by atoms with Crippen molar-refractivity contribution in [3.8, 4) is 40.1 Å². The van der Waals surface area contributed by atoms with Crippen LogP contribution in [0.2, 0.25) is 0 Å². The van der Waals surface area contributed by atoms with Crippen LogP contribution in [0.25, 0.3) is 22.3 Å². The van der Waals surface area contributed by atoms with Gasteiger partial charge < -0.3 is 45.3 Å². The molecule has 0 atom stereocenters. The zero-order valence-electron chi connectivity index (χ0n) is 24.2. The van der Waals surface area contributed by atoms with Crippen molar-refractivity contribution in [1.29, 1.82) is 0 Å². The number of aliphatic carboxylic acids is 1. The fourth-order valence-corrected chi connectivity index (χ4v) is 4.47. The number of ether oxygens (including phenoxy) is 1. The summed E-state index contributed by atoms with van der Waals surface area (Å²) in [4.78, 5) is 61.0. The van der Waals surface area contributed by atoms with E-state index < -0.39 is 52.0 Å². The SMILES string of the molecule is O=C(O)Cc1ccc(NC(=O)CNC(=O)CCCCCC(=O)Oc2c(-c3ccc(O)c(O)c3)oc3cc(O)cc(O)c3c2=O)cc1. The molecule has 0 spiro atoms. The summed E-state index contributed by atoms with van der Waals surface area (Å²) >= 11 is 0. The van der Waals surface area contributed by atoms with Gasteiger partial charge in [0.1, 0.15) is 22.5 Å². The number of rotatable bonds is 13. The Kier molecular flexibility index (Phi) is 10.4. The van der Waals surface area contributed by atoms with Crippen LogP contribution in [0.4, 0.5) is 5.69 Å². The number of hydrogen-bond donors (Lipinski definition) is 7. The van der Waals surface area contributed by atoms with Gasteiger partial charge in [-0.3, -0.25) is 24.0 Å². The van der Waals surface area contributed by atoms with Crippen LogP contribution >= 0.6 is 0 Å². The van der Waals surface area contributed by atoms with E-state index in [1.54, 1.807) is 24.3 Å². The molecule has 0 aliphatic carbocycles. The number of carboxylic acid groups (broad SMARTS) is 1. The Morgan fingerprint density at radius 2 is 1.50 bits per heavy atom. The molecule has 4 aromatic rings. The first kappa shape index (κ1) is 32.9. The van der Waals surface area contributed by atoms with Crippen molar-refractivity contribution in [1.82, 2.24) is 5.32 Å². The monoisotopic (exact) mass is 634 g/mol. The topological polar surface area (TPSA) is 233 Å². The Labute approximate surface area is 260 Å². The van der Waals surface area contributed by atoms with E-state index in [1.807, 2.05) is 0 Å². The van der Waals surface area contributed by atoms with Crippen LogP contribution < -0.4 is 20.8 Å². The molecule has 14 heteroatoms. The minimum atomic E-state index is -0.970. The highest BCUT2D eigenvalue weighted by molar-refractivity contribution is 5.94. The van der Waals surface area contributed by atoms with Gasteiger partial charge in [0, 0.05) is 36.2 Å². The maximum atomic E-state index is 13.3. The maximum absolute atomic E-state index is 13.3. The summed E-state index contributed by atoms with van der Waals surface area (Å²) in [6.45, 7) is -0.271. The molecule has 0 aliphatic heterocycles. The summed E-state index contributed by atoms with van der Waals surface area (Å²) in [6.07, 6.45) is 0.911. The number of hydrogen-bond acceptors (Lipinski definition) is 11. The second-order valence-electron chi connectivity index (χ2n) is 10.3. The van der Waals surface area contributed by atoms with E-state index >= 15 is 0 Å². The van der Waals surface area contributed by atoms with E-state index in [0.29, 0.717) is 24.1 Å². The molecule has 1 aromatic heterocycles. The van der Waals surface area contributed by atoms with Crippen molar-refractivity contribution in [2.24, 2.45) is 0 Å². The molecule has 0 saturated carbocycles. The quantitative estimate of drug-likeness (QED) is 0.0636. The third kappa shape index (κ3) is 8.53. The van der Waals surface area contributed by atoms with Crippen LogP contribution in [-0.2, 0) is 25.6 Å². The number of carbonyl (C=O) groups is 4. The van der Waals surface area contributed by atoms with Crippen LogP contribution in [0.1, 0.15) is 37.7 Å². The second-order valence-corrected chi connectivity index (χ2v) is 10.3. The molecule has 0 fully saturated rings. The summed E-state index contributed by atoms with van der Waals surface area (Å²) in [5.74, 6) is -5.47. The molecule has 3 aromatic carbocycles. The third-order valence-electron chi connectivity index (χ3n) is 6.70. The molecule has 46 heavy (non-hydrogen) atoms. The van der Waals surface area contributed by atoms with Gasteiger partial charge in [0.25, 0.3) is 0 Å². The molecule has 0 radical (unpaired) electrons. The third-order valence-corrected chi connectivity index (χ3v) is 6.70.